The van der Waals surface area contributed by atoms with Crippen LogP contribution in [0.25, 0.3) is 0 Å². The SMILES string of the molecule is CC1(C)C2CCC1(OS(=O)(=O)C(F)(F)F)C(=NC=O)C2. The monoisotopic (exact) mass is 313 g/mol. The van der Waals surface area contributed by atoms with Crippen molar-refractivity contribution < 1.29 is 30.6 Å². The lowest BCUT2D eigenvalue weighted by molar-refractivity contribution is -0.106. The van der Waals surface area contributed by atoms with Crippen molar-refractivity contribution in [2.45, 2.75) is 44.2 Å². The minimum absolute atomic E-state index is 0.0513. The summed E-state index contributed by atoms with van der Waals surface area (Å²) in [4.78, 5) is 14.1. The van der Waals surface area contributed by atoms with Crippen LogP contribution in [0.5, 0.6) is 0 Å². The van der Waals surface area contributed by atoms with Crippen molar-refractivity contribution >= 4 is 22.2 Å². The topological polar surface area (TPSA) is 72.8 Å². The number of halogens is 3. The van der Waals surface area contributed by atoms with E-state index in [0.29, 0.717) is 6.42 Å². The van der Waals surface area contributed by atoms with E-state index >= 15 is 0 Å². The van der Waals surface area contributed by atoms with Crippen LogP contribution in [0.15, 0.2) is 4.99 Å². The van der Waals surface area contributed by atoms with Crippen molar-refractivity contribution in [3.8, 4) is 0 Å². The maximum atomic E-state index is 12.5. The minimum atomic E-state index is -5.74. The van der Waals surface area contributed by atoms with Crippen LogP contribution in [0.2, 0.25) is 0 Å². The number of aliphatic imine (C=N–C) groups is 1. The van der Waals surface area contributed by atoms with Gasteiger partial charge in [0.15, 0.2) is 0 Å². The van der Waals surface area contributed by atoms with Crippen molar-refractivity contribution in [2.24, 2.45) is 16.3 Å². The fourth-order valence-corrected chi connectivity index (χ4v) is 4.18. The Kier molecular flexibility index (Phi) is 3.29. The van der Waals surface area contributed by atoms with E-state index in [9.17, 15) is 26.4 Å². The van der Waals surface area contributed by atoms with Gasteiger partial charge in [-0.1, -0.05) is 13.8 Å². The average Bonchev–Trinajstić information content (AvgIpc) is 2.61. The van der Waals surface area contributed by atoms with Gasteiger partial charge >= 0.3 is 15.6 Å². The Morgan fingerprint density at radius 1 is 1.40 bits per heavy atom. The molecule has 0 spiro atoms. The summed E-state index contributed by atoms with van der Waals surface area (Å²) >= 11 is 0. The molecule has 2 saturated carbocycles. The molecule has 2 fully saturated rings. The van der Waals surface area contributed by atoms with Gasteiger partial charge in [-0.05, 0) is 25.2 Å². The molecule has 9 heteroatoms. The first-order chi connectivity index (χ1) is 8.98. The molecule has 2 bridgehead atoms. The zero-order valence-corrected chi connectivity index (χ0v) is 11.7. The number of carbonyl (C=O) groups excluding carboxylic acids is 1. The Bertz CT molecular complexity index is 567. The Hall–Kier alpha value is -0.960. The summed E-state index contributed by atoms with van der Waals surface area (Å²) in [5, 5.41) is 0. The second-order valence-corrected chi connectivity index (χ2v) is 7.19. The normalized spacial score (nSPS) is 34.6. The standard InChI is InChI=1S/C11H14F3NO4S/c1-9(2)7-3-4-10(9,8(5-7)15-6-16)19-20(17,18)11(12,13)14/h6-7H,3-5H2,1-2H3. The average molecular weight is 313 g/mol. The lowest BCUT2D eigenvalue weighted by Gasteiger charge is -2.36. The van der Waals surface area contributed by atoms with Gasteiger partial charge in [0.05, 0.1) is 5.71 Å². The molecule has 1 amide bonds. The zero-order chi connectivity index (χ0) is 15.4. The van der Waals surface area contributed by atoms with Gasteiger partial charge in [-0.15, -0.1) is 0 Å². The molecular formula is C11H14F3NO4S. The lowest BCUT2D eigenvalue weighted by Crippen LogP contribution is -2.49. The van der Waals surface area contributed by atoms with Gasteiger partial charge in [0.25, 0.3) is 0 Å². The highest BCUT2D eigenvalue weighted by molar-refractivity contribution is 7.87. The number of nitrogens with zero attached hydrogens (tertiary/aromatic N) is 1. The fraction of sp³-hybridized carbons (Fsp3) is 0.818. The highest BCUT2D eigenvalue weighted by Gasteiger charge is 2.68. The molecule has 2 rings (SSSR count). The van der Waals surface area contributed by atoms with Crippen LogP contribution in [0.4, 0.5) is 13.2 Å². The maximum Gasteiger partial charge on any atom is 0.523 e. The molecule has 0 aromatic heterocycles. The molecule has 20 heavy (non-hydrogen) atoms. The van der Waals surface area contributed by atoms with Crippen molar-refractivity contribution in [2.75, 3.05) is 0 Å². The van der Waals surface area contributed by atoms with E-state index < -0.39 is 26.6 Å². The molecule has 0 aromatic rings. The Morgan fingerprint density at radius 2 is 2.00 bits per heavy atom. The predicted octanol–water partition coefficient (Wildman–Crippen LogP) is 2.03. The first-order valence-electron chi connectivity index (χ1n) is 6.00. The van der Waals surface area contributed by atoms with Crippen molar-refractivity contribution in [3.05, 3.63) is 0 Å². The van der Waals surface area contributed by atoms with Gasteiger partial charge in [0.2, 0.25) is 6.41 Å². The van der Waals surface area contributed by atoms with Gasteiger partial charge in [0.1, 0.15) is 5.60 Å². The Labute approximate surface area is 114 Å². The second-order valence-electron chi connectivity index (χ2n) is 5.65. The maximum absolute atomic E-state index is 12.5. The van der Waals surface area contributed by atoms with E-state index in [1.165, 1.54) is 0 Å². The summed E-state index contributed by atoms with van der Waals surface area (Å²) in [6.07, 6.45) is 1.13. The highest BCUT2D eigenvalue weighted by atomic mass is 32.2. The summed E-state index contributed by atoms with van der Waals surface area (Å²) in [6, 6.07) is 0. The van der Waals surface area contributed by atoms with Gasteiger partial charge in [-0.25, -0.2) is 9.18 Å². The van der Waals surface area contributed by atoms with Gasteiger partial charge < -0.3 is 0 Å². The summed E-state index contributed by atoms with van der Waals surface area (Å²) in [5.74, 6) is -0.0513. The smallest absolute Gasteiger partial charge is 0.276 e. The van der Waals surface area contributed by atoms with Crippen LogP contribution in [-0.4, -0.2) is 31.6 Å². The predicted molar refractivity (Wildman–Crippen MR) is 63.4 cm³/mol. The number of hydrogen-bond donors (Lipinski definition) is 0. The summed E-state index contributed by atoms with van der Waals surface area (Å²) < 4.78 is 64.9. The van der Waals surface area contributed by atoms with Crippen LogP contribution < -0.4 is 0 Å². The van der Waals surface area contributed by atoms with Gasteiger partial charge in [-0.3, -0.25) is 4.79 Å². The Morgan fingerprint density at radius 3 is 2.45 bits per heavy atom. The van der Waals surface area contributed by atoms with Crippen molar-refractivity contribution in [3.63, 3.8) is 0 Å². The molecule has 2 unspecified atom stereocenters. The van der Waals surface area contributed by atoms with Crippen LogP contribution >= 0.6 is 0 Å². The molecule has 114 valence electrons. The van der Waals surface area contributed by atoms with E-state index in [0.717, 1.165) is 0 Å². The van der Waals surface area contributed by atoms with E-state index in [1.54, 1.807) is 13.8 Å². The van der Waals surface area contributed by atoms with Crippen molar-refractivity contribution in [1.29, 1.82) is 0 Å². The summed E-state index contributed by atoms with van der Waals surface area (Å²) in [6.45, 7) is 3.29. The fourth-order valence-electron chi connectivity index (χ4n) is 3.31. The van der Waals surface area contributed by atoms with E-state index in [2.05, 4.69) is 9.18 Å². The third kappa shape index (κ3) is 1.90. The van der Waals surface area contributed by atoms with E-state index in [1.807, 2.05) is 0 Å². The van der Waals surface area contributed by atoms with E-state index in [-0.39, 0.29) is 30.9 Å². The molecule has 0 heterocycles. The molecule has 2 atom stereocenters. The first kappa shape index (κ1) is 15.4. The molecule has 0 saturated heterocycles. The molecule has 5 nitrogen and oxygen atoms in total. The first-order valence-corrected chi connectivity index (χ1v) is 7.41. The number of hydrogen-bond acceptors (Lipinski definition) is 4. The minimum Gasteiger partial charge on any atom is -0.276 e. The molecule has 2 aliphatic rings. The quantitative estimate of drug-likeness (QED) is 0.454. The molecule has 0 aliphatic heterocycles. The Balaban J connectivity index is 2.50. The van der Waals surface area contributed by atoms with Gasteiger partial charge in [0, 0.05) is 5.41 Å². The lowest BCUT2D eigenvalue weighted by atomic mass is 9.78. The third-order valence-corrected chi connectivity index (χ3v) is 5.63. The van der Waals surface area contributed by atoms with Crippen molar-refractivity contribution in [1.82, 2.24) is 0 Å². The number of amides is 1. The number of rotatable bonds is 3. The number of alkyl halides is 3. The van der Waals surface area contributed by atoms with Crippen LogP contribution in [0, 0.1) is 11.3 Å². The molecule has 0 radical (unpaired) electrons. The van der Waals surface area contributed by atoms with Crippen LogP contribution in [-0.2, 0) is 19.1 Å². The third-order valence-electron chi connectivity index (χ3n) is 4.56. The highest BCUT2D eigenvalue weighted by Crippen LogP contribution is 2.61. The van der Waals surface area contributed by atoms with Gasteiger partial charge in [-0.2, -0.15) is 21.6 Å². The second kappa shape index (κ2) is 4.27. The zero-order valence-electron chi connectivity index (χ0n) is 10.9. The van der Waals surface area contributed by atoms with E-state index in [4.69, 9.17) is 0 Å². The molecular weight excluding hydrogens is 299 g/mol. The summed E-state index contributed by atoms with van der Waals surface area (Å²) in [5.41, 5.74) is -7.91. The largest absolute Gasteiger partial charge is 0.523 e. The number of fused-ring (bicyclic) bond motifs is 2. The molecule has 0 N–H and O–H groups in total. The molecule has 0 aromatic carbocycles. The number of carbonyl (C=O) groups is 1. The van der Waals surface area contributed by atoms with Crippen LogP contribution in [0.1, 0.15) is 33.1 Å². The van der Waals surface area contributed by atoms with Crippen LogP contribution in [0.3, 0.4) is 0 Å². The molecule has 2 aliphatic carbocycles. The summed E-state index contributed by atoms with van der Waals surface area (Å²) in [7, 11) is -5.74.